The quantitative estimate of drug-likeness (QED) is 0.566. The number of ether oxygens (including phenoxy) is 2. The molecule has 4 rings (SSSR count). The van der Waals surface area contributed by atoms with Gasteiger partial charge in [0.1, 0.15) is 5.75 Å². The Kier molecular flexibility index (Phi) is 7.63. The van der Waals surface area contributed by atoms with Crippen LogP contribution in [0.1, 0.15) is 44.2 Å². The fraction of sp³-hybridized carbons (Fsp3) is 0.480. The van der Waals surface area contributed by atoms with E-state index < -0.39 is 12.0 Å². The lowest BCUT2D eigenvalue weighted by Gasteiger charge is -2.36. The van der Waals surface area contributed by atoms with Crippen molar-refractivity contribution in [3.63, 3.8) is 0 Å². The van der Waals surface area contributed by atoms with Crippen LogP contribution in [0.5, 0.6) is 5.75 Å². The van der Waals surface area contributed by atoms with Crippen LogP contribution in [0, 0.1) is 0 Å². The van der Waals surface area contributed by atoms with Gasteiger partial charge >= 0.3 is 5.97 Å². The number of aliphatic imine (C=N–C) groups is 1. The first-order valence-electron chi connectivity index (χ1n) is 11.6. The number of likely N-dealkylation sites (tertiary alicyclic amines) is 1. The number of rotatable bonds is 8. The van der Waals surface area contributed by atoms with E-state index in [-0.39, 0.29) is 12.3 Å². The number of amides is 1. The summed E-state index contributed by atoms with van der Waals surface area (Å²) >= 11 is 1.46. The number of hydrogen-bond donors (Lipinski definition) is 1. The van der Waals surface area contributed by atoms with Crippen LogP contribution >= 0.6 is 11.8 Å². The highest BCUT2D eigenvalue weighted by Gasteiger charge is 2.41. The predicted molar refractivity (Wildman–Crippen MR) is 133 cm³/mol. The second-order valence-electron chi connectivity index (χ2n) is 8.75. The zero-order valence-electron chi connectivity index (χ0n) is 20.2. The molecule has 3 aliphatic rings. The second-order valence-corrected chi connectivity index (χ2v) is 9.59. The number of nitrogens with zero attached hydrogens (tertiary/aromatic N) is 3. The van der Waals surface area contributed by atoms with E-state index in [1.807, 2.05) is 41.5 Å². The Labute approximate surface area is 205 Å². The van der Waals surface area contributed by atoms with Crippen molar-refractivity contribution in [2.75, 3.05) is 34.4 Å². The molecule has 1 amide bonds. The normalized spacial score (nSPS) is 22.3. The molecular formula is C25H32N4O4S. The molecule has 9 heteroatoms. The Bertz CT molecular complexity index is 1050. The third kappa shape index (κ3) is 5.00. The topological polar surface area (TPSA) is 83.5 Å². The van der Waals surface area contributed by atoms with E-state index in [4.69, 9.17) is 9.47 Å². The fourth-order valence-electron chi connectivity index (χ4n) is 4.82. The first-order chi connectivity index (χ1) is 16.4. The van der Waals surface area contributed by atoms with Crippen molar-refractivity contribution in [3.05, 3.63) is 52.2 Å². The summed E-state index contributed by atoms with van der Waals surface area (Å²) in [5, 5.41) is 5.77. The maximum absolute atomic E-state index is 12.8. The molecule has 1 N–H and O–H groups in total. The number of hydrogen-bond acceptors (Lipinski definition) is 8. The van der Waals surface area contributed by atoms with Gasteiger partial charge < -0.3 is 24.6 Å². The molecule has 1 fully saturated rings. The zero-order valence-corrected chi connectivity index (χ0v) is 21.0. The number of nitrogens with one attached hydrogen (secondary N) is 1. The van der Waals surface area contributed by atoms with Gasteiger partial charge in [-0.15, -0.1) is 0 Å². The van der Waals surface area contributed by atoms with E-state index in [9.17, 15) is 9.59 Å². The minimum atomic E-state index is -0.462. The standard InChI is InChI=1S/C25H32N4O4S/c1-16-22(24(31)33-4)23(17-7-5-9-20(13-17)32-3)29-19(15-34-25(29)27-16)14-21(30)26-11-10-18-8-6-12-28(18)2/h5,7,9,13,15,18,23H,6,8,10-12,14H2,1-4H3,(H,26,30)/t18-,23-/m1/s1. The molecular weight excluding hydrogens is 452 g/mol. The summed E-state index contributed by atoms with van der Waals surface area (Å²) in [6.45, 7) is 3.59. The molecule has 0 radical (unpaired) electrons. The third-order valence-electron chi connectivity index (χ3n) is 6.63. The van der Waals surface area contributed by atoms with E-state index in [0.29, 0.717) is 29.6 Å². The Morgan fingerprint density at radius 1 is 1.29 bits per heavy atom. The Hall–Kier alpha value is -2.78. The van der Waals surface area contributed by atoms with Gasteiger partial charge in [-0.05, 0) is 62.9 Å². The first-order valence-corrected chi connectivity index (χ1v) is 12.4. The summed E-state index contributed by atoms with van der Waals surface area (Å²) in [5.41, 5.74) is 2.74. The summed E-state index contributed by atoms with van der Waals surface area (Å²) in [5.74, 6) is 0.217. The lowest BCUT2D eigenvalue weighted by atomic mass is 9.93. The number of methoxy groups -OCH3 is 2. The number of carbonyl (C=O) groups is 2. The Morgan fingerprint density at radius 3 is 2.82 bits per heavy atom. The molecule has 3 heterocycles. The van der Waals surface area contributed by atoms with E-state index in [1.54, 1.807) is 7.11 Å². The minimum Gasteiger partial charge on any atom is -0.497 e. The van der Waals surface area contributed by atoms with E-state index in [1.165, 1.54) is 31.7 Å². The summed E-state index contributed by atoms with van der Waals surface area (Å²) in [6, 6.07) is 7.68. The molecule has 0 spiro atoms. The van der Waals surface area contributed by atoms with Crippen LogP contribution in [0.4, 0.5) is 0 Å². The summed E-state index contributed by atoms with van der Waals surface area (Å²) < 4.78 is 10.5. The molecule has 182 valence electrons. The molecule has 3 aliphatic heterocycles. The van der Waals surface area contributed by atoms with Gasteiger partial charge in [0, 0.05) is 18.3 Å². The third-order valence-corrected chi connectivity index (χ3v) is 7.52. The molecule has 1 saturated heterocycles. The highest BCUT2D eigenvalue weighted by atomic mass is 32.2. The van der Waals surface area contributed by atoms with E-state index >= 15 is 0 Å². The van der Waals surface area contributed by atoms with Gasteiger partial charge in [0.05, 0.1) is 38.0 Å². The smallest absolute Gasteiger partial charge is 0.338 e. The number of amidine groups is 1. The van der Waals surface area contributed by atoms with Gasteiger partial charge in [0.15, 0.2) is 5.17 Å². The monoisotopic (exact) mass is 484 g/mol. The van der Waals surface area contributed by atoms with Gasteiger partial charge in [-0.1, -0.05) is 23.9 Å². The van der Waals surface area contributed by atoms with Crippen LogP contribution in [-0.2, 0) is 14.3 Å². The van der Waals surface area contributed by atoms with Crippen LogP contribution < -0.4 is 10.1 Å². The molecule has 2 atom stereocenters. The van der Waals surface area contributed by atoms with Crippen LogP contribution in [0.25, 0.3) is 0 Å². The summed E-state index contributed by atoms with van der Waals surface area (Å²) in [7, 11) is 5.12. The van der Waals surface area contributed by atoms with Crippen molar-refractivity contribution < 1.29 is 19.1 Å². The number of benzene rings is 1. The number of thioether (sulfide) groups is 1. The number of carbonyl (C=O) groups excluding carboxylic acids is 2. The minimum absolute atomic E-state index is 0.0379. The van der Waals surface area contributed by atoms with Crippen molar-refractivity contribution in [1.29, 1.82) is 0 Å². The van der Waals surface area contributed by atoms with Crippen molar-refractivity contribution >= 4 is 28.8 Å². The molecule has 0 saturated carbocycles. The summed E-state index contributed by atoms with van der Waals surface area (Å²) in [4.78, 5) is 34.6. The molecule has 0 aliphatic carbocycles. The largest absolute Gasteiger partial charge is 0.497 e. The van der Waals surface area contributed by atoms with Gasteiger partial charge in [-0.2, -0.15) is 0 Å². The highest BCUT2D eigenvalue weighted by Crippen LogP contribution is 2.45. The Balaban J connectivity index is 1.54. The molecule has 1 aromatic carbocycles. The van der Waals surface area contributed by atoms with Gasteiger partial charge in [0.25, 0.3) is 0 Å². The van der Waals surface area contributed by atoms with Crippen molar-refractivity contribution in [2.24, 2.45) is 4.99 Å². The Morgan fingerprint density at radius 2 is 2.12 bits per heavy atom. The number of fused-ring (bicyclic) bond motifs is 1. The molecule has 34 heavy (non-hydrogen) atoms. The van der Waals surface area contributed by atoms with Gasteiger partial charge in [-0.25, -0.2) is 9.79 Å². The highest BCUT2D eigenvalue weighted by molar-refractivity contribution is 8.16. The zero-order chi connectivity index (χ0) is 24.2. The maximum Gasteiger partial charge on any atom is 0.338 e. The van der Waals surface area contributed by atoms with E-state index in [0.717, 1.165) is 29.4 Å². The average molecular weight is 485 g/mol. The fourth-order valence-corrected chi connectivity index (χ4v) is 5.78. The molecule has 8 nitrogen and oxygen atoms in total. The van der Waals surface area contributed by atoms with Crippen molar-refractivity contribution in [2.45, 2.75) is 44.7 Å². The average Bonchev–Trinajstić information content (AvgIpc) is 3.43. The van der Waals surface area contributed by atoms with Gasteiger partial charge in [-0.3, -0.25) is 4.79 Å². The second kappa shape index (κ2) is 10.7. The predicted octanol–water partition coefficient (Wildman–Crippen LogP) is 3.43. The van der Waals surface area contributed by atoms with Gasteiger partial charge in [0.2, 0.25) is 5.91 Å². The molecule has 0 aromatic heterocycles. The van der Waals surface area contributed by atoms with Crippen LogP contribution in [0.15, 0.2) is 51.6 Å². The first kappa shape index (κ1) is 24.3. The molecule has 1 aromatic rings. The van der Waals surface area contributed by atoms with Crippen LogP contribution in [0.3, 0.4) is 0 Å². The van der Waals surface area contributed by atoms with Crippen LogP contribution in [-0.4, -0.2) is 67.2 Å². The van der Waals surface area contributed by atoms with E-state index in [2.05, 4.69) is 22.3 Å². The SMILES string of the molecule is COC(=O)C1=C(C)N=C2SC=C(CC(=O)NCC[C@H]3CCCN3C)N2[C@@H]1c1cccc(OC)c1. The van der Waals surface area contributed by atoms with Crippen molar-refractivity contribution in [3.8, 4) is 5.75 Å². The number of allylic oxidation sites excluding steroid dienone is 1. The molecule has 0 unspecified atom stereocenters. The lowest BCUT2D eigenvalue weighted by molar-refractivity contribution is -0.136. The van der Waals surface area contributed by atoms with Crippen molar-refractivity contribution in [1.82, 2.24) is 15.1 Å². The maximum atomic E-state index is 12.8. The van der Waals surface area contributed by atoms with Crippen LogP contribution in [0.2, 0.25) is 0 Å². The number of esters is 1. The lowest BCUT2D eigenvalue weighted by Crippen LogP contribution is -2.38. The molecule has 0 bridgehead atoms. The summed E-state index contributed by atoms with van der Waals surface area (Å²) in [6.07, 6.45) is 3.57.